The molecule has 1 amide bonds. The summed E-state index contributed by atoms with van der Waals surface area (Å²) in [6.45, 7) is 3.76. The van der Waals surface area contributed by atoms with E-state index in [0.717, 1.165) is 9.87 Å². The van der Waals surface area contributed by atoms with Gasteiger partial charge in [-0.25, -0.2) is 13.2 Å². The van der Waals surface area contributed by atoms with Crippen LogP contribution in [0, 0.1) is 6.92 Å². The maximum Gasteiger partial charge on any atom is 0.340 e. The molecule has 166 valence electrons. The molecule has 0 aliphatic heterocycles. The van der Waals surface area contributed by atoms with Gasteiger partial charge in [0.2, 0.25) is 0 Å². The van der Waals surface area contributed by atoms with Gasteiger partial charge in [0.05, 0.1) is 34.0 Å². The Morgan fingerprint density at radius 2 is 1.50 bits per heavy atom. The number of para-hydroxylation sites is 2. The SMILES string of the molecule is CCOC(=O)c1ccccc1NC(=O)c1ccccc1N(C)S(=O)(=O)c1ccc(C)cc1. The molecule has 0 radical (unpaired) electrons. The lowest BCUT2D eigenvalue weighted by Gasteiger charge is -2.22. The highest BCUT2D eigenvalue weighted by molar-refractivity contribution is 7.92. The molecule has 0 aliphatic rings. The molecule has 0 fully saturated rings. The number of nitrogens with zero attached hydrogens (tertiary/aromatic N) is 1. The molecule has 0 heterocycles. The lowest BCUT2D eigenvalue weighted by molar-refractivity contribution is 0.0527. The largest absolute Gasteiger partial charge is 0.462 e. The van der Waals surface area contributed by atoms with Crippen molar-refractivity contribution < 1.29 is 22.7 Å². The molecule has 32 heavy (non-hydrogen) atoms. The van der Waals surface area contributed by atoms with Crippen molar-refractivity contribution in [1.82, 2.24) is 0 Å². The Hall–Kier alpha value is -3.65. The summed E-state index contributed by atoms with van der Waals surface area (Å²) in [6, 6.07) is 19.3. The van der Waals surface area contributed by atoms with Crippen LogP contribution in [0.2, 0.25) is 0 Å². The van der Waals surface area contributed by atoms with E-state index in [-0.39, 0.29) is 34.0 Å². The van der Waals surface area contributed by atoms with Crippen molar-refractivity contribution in [3.05, 3.63) is 89.5 Å². The van der Waals surface area contributed by atoms with E-state index >= 15 is 0 Å². The zero-order valence-corrected chi connectivity index (χ0v) is 18.8. The van der Waals surface area contributed by atoms with Crippen LogP contribution in [-0.2, 0) is 14.8 Å². The number of carbonyl (C=O) groups excluding carboxylic acids is 2. The highest BCUT2D eigenvalue weighted by Gasteiger charge is 2.25. The number of amides is 1. The van der Waals surface area contributed by atoms with Crippen LogP contribution < -0.4 is 9.62 Å². The lowest BCUT2D eigenvalue weighted by atomic mass is 10.1. The average molecular weight is 453 g/mol. The fraction of sp³-hybridized carbons (Fsp3) is 0.167. The first-order valence-electron chi connectivity index (χ1n) is 9.98. The maximum absolute atomic E-state index is 13.1. The number of anilines is 2. The second-order valence-electron chi connectivity index (χ2n) is 7.02. The Balaban J connectivity index is 1.94. The molecule has 0 atom stereocenters. The van der Waals surface area contributed by atoms with Crippen LogP contribution >= 0.6 is 0 Å². The van der Waals surface area contributed by atoms with Crippen LogP contribution in [0.25, 0.3) is 0 Å². The van der Waals surface area contributed by atoms with E-state index < -0.39 is 21.9 Å². The molecule has 7 nitrogen and oxygen atoms in total. The Morgan fingerprint density at radius 3 is 2.16 bits per heavy atom. The minimum Gasteiger partial charge on any atom is -0.462 e. The molecule has 0 saturated heterocycles. The van der Waals surface area contributed by atoms with Gasteiger partial charge in [-0.3, -0.25) is 9.10 Å². The summed E-state index contributed by atoms with van der Waals surface area (Å²) in [4.78, 5) is 25.4. The Morgan fingerprint density at radius 1 is 0.906 bits per heavy atom. The van der Waals surface area contributed by atoms with Crippen molar-refractivity contribution >= 4 is 33.3 Å². The monoisotopic (exact) mass is 452 g/mol. The normalized spacial score (nSPS) is 11.0. The number of rotatable bonds is 7. The number of hydrogen-bond acceptors (Lipinski definition) is 5. The van der Waals surface area contributed by atoms with Gasteiger partial charge in [0.15, 0.2) is 0 Å². The van der Waals surface area contributed by atoms with Gasteiger partial charge in [0.1, 0.15) is 0 Å². The Bertz CT molecular complexity index is 1240. The van der Waals surface area contributed by atoms with E-state index in [9.17, 15) is 18.0 Å². The molecular formula is C24H24N2O5S. The first-order chi connectivity index (χ1) is 15.3. The summed E-state index contributed by atoms with van der Waals surface area (Å²) < 4.78 is 32.4. The van der Waals surface area contributed by atoms with Crippen LogP contribution in [0.4, 0.5) is 11.4 Å². The summed E-state index contributed by atoms with van der Waals surface area (Å²) in [5.74, 6) is -1.11. The lowest BCUT2D eigenvalue weighted by Crippen LogP contribution is -2.29. The van der Waals surface area contributed by atoms with Gasteiger partial charge in [-0.1, -0.05) is 42.0 Å². The summed E-state index contributed by atoms with van der Waals surface area (Å²) in [7, 11) is -2.49. The van der Waals surface area contributed by atoms with Crippen molar-refractivity contribution in [3.8, 4) is 0 Å². The van der Waals surface area contributed by atoms with Crippen molar-refractivity contribution in [2.75, 3.05) is 23.3 Å². The van der Waals surface area contributed by atoms with E-state index in [1.54, 1.807) is 61.5 Å². The fourth-order valence-electron chi connectivity index (χ4n) is 3.11. The van der Waals surface area contributed by atoms with Gasteiger partial charge in [0.25, 0.3) is 15.9 Å². The van der Waals surface area contributed by atoms with E-state index in [4.69, 9.17) is 4.74 Å². The maximum atomic E-state index is 13.1. The summed E-state index contributed by atoms with van der Waals surface area (Å²) >= 11 is 0. The number of sulfonamides is 1. The third-order valence-electron chi connectivity index (χ3n) is 4.84. The fourth-order valence-corrected chi connectivity index (χ4v) is 4.32. The van der Waals surface area contributed by atoms with Gasteiger partial charge in [-0.2, -0.15) is 0 Å². The first-order valence-corrected chi connectivity index (χ1v) is 11.4. The quantitative estimate of drug-likeness (QED) is 0.541. The molecule has 0 aromatic heterocycles. The number of carbonyl (C=O) groups is 2. The van der Waals surface area contributed by atoms with Crippen LogP contribution in [-0.4, -0.2) is 33.9 Å². The van der Waals surface area contributed by atoms with E-state index in [1.807, 2.05) is 6.92 Å². The molecular weight excluding hydrogens is 428 g/mol. The minimum atomic E-state index is -3.89. The topological polar surface area (TPSA) is 92.8 Å². The van der Waals surface area contributed by atoms with E-state index in [2.05, 4.69) is 5.32 Å². The molecule has 0 saturated carbocycles. The Labute approximate surface area is 187 Å². The molecule has 0 bridgehead atoms. The number of nitrogens with one attached hydrogen (secondary N) is 1. The van der Waals surface area contributed by atoms with Crippen molar-refractivity contribution in [1.29, 1.82) is 0 Å². The molecule has 3 aromatic carbocycles. The van der Waals surface area contributed by atoms with Gasteiger partial charge >= 0.3 is 5.97 Å². The minimum absolute atomic E-state index is 0.119. The van der Waals surface area contributed by atoms with Gasteiger partial charge in [-0.05, 0) is 50.2 Å². The van der Waals surface area contributed by atoms with Crippen molar-refractivity contribution in [2.24, 2.45) is 0 Å². The third kappa shape index (κ3) is 4.81. The number of hydrogen-bond donors (Lipinski definition) is 1. The predicted molar refractivity (Wildman–Crippen MR) is 124 cm³/mol. The van der Waals surface area contributed by atoms with Gasteiger partial charge in [-0.15, -0.1) is 0 Å². The molecule has 0 spiro atoms. The van der Waals surface area contributed by atoms with Crippen LogP contribution in [0.15, 0.2) is 77.7 Å². The molecule has 3 aromatic rings. The highest BCUT2D eigenvalue weighted by Crippen LogP contribution is 2.27. The van der Waals surface area contributed by atoms with Crippen LogP contribution in [0.5, 0.6) is 0 Å². The first kappa shape index (κ1) is 23.0. The number of ether oxygens (including phenoxy) is 1. The Kier molecular flexibility index (Phi) is 6.95. The van der Waals surface area contributed by atoms with Crippen molar-refractivity contribution in [2.45, 2.75) is 18.7 Å². The molecule has 1 N–H and O–H groups in total. The highest BCUT2D eigenvalue weighted by atomic mass is 32.2. The zero-order valence-electron chi connectivity index (χ0n) is 18.0. The standard InChI is InChI=1S/C24H24N2O5S/c1-4-31-24(28)19-9-5-7-11-21(19)25-23(27)20-10-6-8-12-22(20)26(3)32(29,30)18-15-13-17(2)14-16-18/h5-16H,4H2,1-3H3,(H,25,27). The predicted octanol–water partition coefficient (Wildman–Crippen LogP) is 4.25. The van der Waals surface area contributed by atoms with Gasteiger partial charge in [0, 0.05) is 7.05 Å². The van der Waals surface area contributed by atoms with Crippen LogP contribution in [0.3, 0.4) is 0 Å². The summed E-state index contributed by atoms with van der Waals surface area (Å²) in [5, 5.41) is 2.70. The number of benzene rings is 3. The second-order valence-corrected chi connectivity index (χ2v) is 8.99. The van der Waals surface area contributed by atoms with E-state index in [1.165, 1.54) is 25.2 Å². The smallest absolute Gasteiger partial charge is 0.340 e. The molecule has 3 rings (SSSR count). The van der Waals surface area contributed by atoms with Gasteiger partial charge < -0.3 is 10.1 Å². The molecule has 8 heteroatoms. The molecule has 0 aliphatic carbocycles. The summed E-state index contributed by atoms with van der Waals surface area (Å²) in [5.41, 5.74) is 1.77. The van der Waals surface area contributed by atoms with Crippen LogP contribution in [0.1, 0.15) is 33.2 Å². The van der Waals surface area contributed by atoms with Crippen molar-refractivity contribution in [3.63, 3.8) is 0 Å². The average Bonchev–Trinajstić information content (AvgIpc) is 2.79. The summed E-state index contributed by atoms with van der Waals surface area (Å²) in [6.07, 6.45) is 0. The zero-order chi connectivity index (χ0) is 23.3. The number of aryl methyl sites for hydroxylation is 1. The molecule has 0 unspecified atom stereocenters. The number of esters is 1. The van der Waals surface area contributed by atoms with E-state index in [0.29, 0.717) is 0 Å². The third-order valence-corrected chi connectivity index (χ3v) is 6.62. The second kappa shape index (κ2) is 9.65.